The summed E-state index contributed by atoms with van der Waals surface area (Å²) in [7, 11) is 0. The Hall–Kier alpha value is -1.58. The van der Waals surface area contributed by atoms with E-state index in [0.29, 0.717) is 11.6 Å². The molecule has 0 saturated carbocycles. The molecule has 0 aliphatic rings. The molecule has 0 bridgehead atoms. The molecule has 0 spiro atoms. The first kappa shape index (κ1) is 14.8. The quantitative estimate of drug-likeness (QED) is 0.836. The number of hydrogen-bond donors (Lipinski definition) is 1. The van der Waals surface area contributed by atoms with Crippen molar-refractivity contribution in [3.8, 4) is 0 Å². The molecule has 0 unspecified atom stereocenters. The number of benzene rings is 1. The van der Waals surface area contributed by atoms with E-state index in [0.717, 1.165) is 5.56 Å². The normalized spacial score (nSPS) is 10.9. The third kappa shape index (κ3) is 3.95. The number of carbonyl (C=O) groups is 1. The van der Waals surface area contributed by atoms with Crippen LogP contribution in [0.4, 0.5) is 0 Å². The van der Waals surface area contributed by atoms with E-state index in [9.17, 15) is 4.79 Å². The topological polar surface area (TPSA) is 29.1 Å². The highest BCUT2D eigenvalue weighted by Gasteiger charge is 2.04. The zero-order valence-corrected chi connectivity index (χ0v) is 13.0. The zero-order chi connectivity index (χ0) is 14.5. The van der Waals surface area contributed by atoms with Crippen LogP contribution in [0.25, 0.3) is 6.08 Å². The monoisotopic (exact) mass is 305 g/mol. The number of halogens is 1. The van der Waals surface area contributed by atoms with E-state index in [-0.39, 0.29) is 5.91 Å². The minimum Gasteiger partial charge on any atom is -0.348 e. The second-order valence-corrected chi connectivity index (χ2v) is 6.07. The van der Waals surface area contributed by atoms with E-state index in [1.54, 1.807) is 29.5 Å². The molecular formula is C16H16ClNOS. The van der Waals surface area contributed by atoms with Crippen molar-refractivity contribution in [3.05, 3.63) is 62.3 Å². The fourth-order valence-electron chi connectivity index (χ4n) is 1.72. The van der Waals surface area contributed by atoms with Gasteiger partial charge in [-0.3, -0.25) is 4.79 Å². The molecule has 0 atom stereocenters. The smallest absolute Gasteiger partial charge is 0.244 e. The second kappa shape index (κ2) is 6.73. The van der Waals surface area contributed by atoms with Gasteiger partial charge in [-0.25, -0.2) is 0 Å². The molecule has 2 nitrogen and oxygen atoms in total. The van der Waals surface area contributed by atoms with E-state index in [1.807, 2.05) is 12.1 Å². The SMILES string of the molecule is Cc1scc(CNC(=O)/C=C/c2ccc(Cl)cc2)c1C. The number of thiophene rings is 1. The number of carbonyl (C=O) groups excluding carboxylic acids is 1. The standard InChI is InChI=1S/C16H16ClNOS/c1-11-12(2)20-10-14(11)9-18-16(19)8-5-13-3-6-15(17)7-4-13/h3-8,10H,9H2,1-2H3,(H,18,19)/b8-5+. The number of hydrogen-bond acceptors (Lipinski definition) is 2. The molecule has 0 fully saturated rings. The van der Waals surface area contributed by atoms with Gasteiger partial charge >= 0.3 is 0 Å². The van der Waals surface area contributed by atoms with Gasteiger partial charge in [-0.1, -0.05) is 23.7 Å². The number of rotatable bonds is 4. The summed E-state index contributed by atoms with van der Waals surface area (Å²) in [6.45, 7) is 4.74. The number of aryl methyl sites for hydroxylation is 1. The molecule has 1 amide bonds. The van der Waals surface area contributed by atoms with Gasteiger partial charge in [-0.05, 0) is 54.1 Å². The van der Waals surface area contributed by atoms with Crippen molar-refractivity contribution in [1.29, 1.82) is 0 Å². The molecule has 4 heteroatoms. The molecule has 0 aliphatic heterocycles. The first-order chi connectivity index (χ1) is 9.56. The molecule has 1 heterocycles. The average molecular weight is 306 g/mol. The van der Waals surface area contributed by atoms with Crippen LogP contribution in [0, 0.1) is 13.8 Å². The van der Waals surface area contributed by atoms with Gasteiger partial charge in [0, 0.05) is 22.5 Å². The lowest BCUT2D eigenvalue weighted by Crippen LogP contribution is -2.20. The van der Waals surface area contributed by atoms with Crippen molar-refractivity contribution in [2.45, 2.75) is 20.4 Å². The van der Waals surface area contributed by atoms with E-state index >= 15 is 0 Å². The van der Waals surface area contributed by atoms with Crippen molar-refractivity contribution in [1.82, 2.24) is 5.32 Å². The molecule has 1 aromatic heterocycles. The maximum Gasteiger partial charge on any atom is 0.244 e. The van der Waals surface area contributed by atoms with E-state index in [1.165, 1.54) is 22.1 Å². The lowest BCUT2D eigenvalue weighted by atomic mass is 10.2. The Morgan fingerprint density at radius 2 is 2.00 bits per heavy atom. The van der Waals surface area contributed by atoms with Crippen LogP contribution >= 0.6 is 22.9 Å². The lowest BCUT2D eigenvalue weighted by Gasteiger charge is -2.02. The summed E-state index contributed by atoms with van der Waals surface area (Å²) in [5, 5.41) is 5.67. The highest BCUT2D eigenvalue weighted by molar-refractivity contribution is 7.10. The van der Waals surface area contributed by atoms with Crippen molar-refractivity contribution in [2.75, 3.05) is 0 Å². The summed E-state index contributed by atoms with van der Waals surface area (Å²) in [5.74, 6) is -0.0943. The number of nitrogens with one attached hydrogen (secondary N) is 1. The highest BCUT2D eigenvalue weighted by atomic mass is 35.5. The Morgan fingerprint density at radius 3 is 2.60 bits per heavy atom. The molecule has 104 valence electrons. The molecule has 20 heavy (non-hydrogen) atoms. The van der Waals surface area contributed by atoms with Crippen LogP contribution in [0.15, 0.2) is 35.7 Å². The van der Waals surface area contributed by atoms with Crippen LogP contribution in [-0.2, 0) is 11.3 Å². The maximum atomic E-state index is 11.8. The fourth-order valence-corrected chi connectivity index (χ4v) is 2.74. The Balaban J connectivity index is 1.89. The largest absolute Gasteiger partial charge is 0.348 e. The Kier molecular flexibility index (Phi) is 4.99. The first-order valence-electron chi connectivity index (χ1n) is 6.31. The molecule has 1 aromatic carbocycles. The Morgan fingerprint density at radius 1 is 1.30 bits per heavy atom. The van der Waals surface area contributed by atoms with E-state index in [2.05, 4.69) is 24.5 Å². The molecule has 0 radical (unpaired) electrons. The maximum absolute atomic E-state index is 11.8. The predicted molar refractivity (Wildman–Crippen MR) is 86.1 cm³/mol. The van der Waals surface area contributed by atoms with Crippen LogP contribution < -0.4 is 5.32 Å². The summed E-state index contributed by atoms with van der Waals surface area (Å²) in [6, 6.07) is 7.35. The lowest BCUT2D eigenvalue weighted by molar-refractivity contribution is -0.116. The molecule has 0 saturated heterocycles. The highest BCUT2D eigenvalue weighted by Crippen LogP contribution is 2.20. The third-order valence-electron chi connectivity index (χ3n) is 3.14. The van der Waals surface area contributed by atoms with Crippen LogP contribution in [0.1, 0.15) is 21.6 Å². The molecule has 0 aliphatic carbocycles. The van der Waals surface area contributed by atoms with E-state index in [4.69, 9.17) is 11.6 Å². The fraction of sp³-hybridized carbons (Fsp3) is 0.188. The molecular weight excluding hydrogens is 290 g/mol. The minimum absolute atomic E-state index is 0.0943. The van der Waals surface area contributed by atoms with Crippen molar-refractivity contribution in [2.24, 2.45) is 0 Å². The summed E-state index contributed by atoms with van der Waals surface area (Å²) >= 11 is 7.52. The van der Waals surface area contributed by atoms with Crippen LogP contribution in [0.3, 0.4) is 0 Å². The van der Waals surface area contributed by atoms with Gasteiger partial charge in [0.05, 0.1) is 0 Å². The third-order valence-corrected chi connectivity index (χ3v) is 4.45. The first-order valence-corrected chi connectivity index (χ1v) is 7.57. The van der Waals surface area contributed by atoms with Crippen LogP contribution in [-0.4, -0.2) is 5.91 Å². The van der Waals surface area contributed by atoms with Gasteiger partial charge in [0.15, 0.2) is 0 Å². The van der Waals surface area contributed by atoms with Gasteiger partial charge < -0.3 is 5.32 Å². The van der Waals surface area contributed by atoms with Crippen molar-refractivity contribution >= 4 is 34.9 Å². The summed E-state index contributed by atoms with van der Waals surface area (Å²) in [5.41, 5.74) is 3.39. The molecule has 2 rings (SSSR count). The van der Waals surface area contributed by atoms with Gasteiger partial charge in [0.25, 0.3) is 0 Å². The Labute approximate surface area is 128 Å². The van der Waals surface area contributed by atoms with Crippen LogP contribution in [0.2, 0.25) is 5.02 Å². The molecule has 2 aromatic rings. The summed E-state index contributed by atoms with van der Waals surface area (Å²) < 4.78 is 0. The Bertz CT molecular complexity index is 628. The van der Waals surface area contributed by atoms with Gasteiger partial charge in [0.1, 0.15) is 0 Å². The van der Waals surface area contributed by atoms with Crippen LogP contribution in [0.5, 0.6) is 0 Å². The summed E-state index contributed by atoms with van der Waals surface area (Å²) in [4.78, 5) is 13.1. The van der Waals surface area contributed by atoms with Gasteiger partial charge in [-0.15, -0.1) is 11.3 Å². The van der Waals surface area contributed by atoms with Gasteiger partial charge in [0.2, 0.25) is 5.91 Å². The average Bonchev–Trinajstić information content (AvgIpc) is 2.76. The van der Waals surface area contributed by atoms with Crippen molar-refractivity contribution in [3.63, 3.8) is 0 Å². The predicted octanol–water partition coefficient (Wildman–Crippen LogP) is 4.35. The van der Waals surface area contributed by atoms with Gasteiger partial charge in [-0.2, -0.15) is 0 Å². The zero-order valence-electron chi connectivity index (χ0n) is 11.4. The minimum atomic E-state index is -0.0943. The van der Waals surface area contributed by atoms with Crippen molar-refractivity contribution < 1.29 is 4.79 Å². The molecule has 1 N–H and O–H groups in total. The van der Waals surface area contributed by atoms with E-state index < -0.39 is 0 Å². The summed E-state index contributed by atoms with van der Waals surface area (Å²) in [6.07, 6.45) is 3.31. The number of amides is 1. The second-order valence-electron chi connectivity index (χ2n) is 4.54.